The normalized spacial score (nSPS) is 22.9. The van der Waals surface area contributed by atoms with Crippen LogP contribution in [0.15, 0.2) is 41.0 Å². The van der Waals surface area contributed by atoms with E-state index in [4.69, 9.17) is 9.15 Å². The Balaban J connectivity index is 1.97. The van der Waals surface area contributed by atoms with Crippen LogP contribution >= 0.6 is 0 Å². The lowest BCUT2D eigenvalue weighted by atomic mass is 9.98. The molecule has 88 valence electrons. The number of rotatable bonds is 1. The van der Waals surface area contributed by atoms with Crippen molar-refractivity contribution in [3.05, 3.63) is 47.9 Å². The SMILES string of the molecule is Oc1ccc2c(c1)O[C@H](c1ccco1)C[C@H]2O. The van der Waals surface area contributed by atoms with Gasteiger partial charge in [0.2, 0.25) is 0 Å². The van der Waals surface area contributed by atoms with Gasteiger partial charge >= 0.3 is 0 Å². The second-order valence-electron chi connectivity index (χ2n) is 4.10. The fourth-order valence-corrected chi connectivity index (χ4v) is 2.08. The highest BCUT2D eigenvalue weighted by atomic mass is 16.5. The van der Waals surface area contributed by atoms with Gasteiger partial charge in [0.15, 0.2) is 6.10 Å². The Kier molecular flexibility index (Phi) is 2.30. The van der Waals surface area contributed by atoms with E-state index < -0.39 is 6.10 Å². The molecule has 17 heavy (non-hydrogen) atoms. The van der Waals surface area contributed by atoms with Crippen LogP contribution in [0.1, 0.15) is 30.0 Å². The number of benzene rings is 1. The Morgan fingerprint density at radius 1 is 1.24 bits per heavy atom. The minimum Gasteiger partial charge on any atom is -0.508 e. The molecular weight excluding hydrogens is 220 g/mol. The summed E-state index contributed by atoms with van der Waals surface area (Å²) in [7, 11) is 0. The number of fused-ring (bicyclic) bond motifs is 1. The molecular formula is C13H12O4. The molecule has 0 saturated heterocycles. The van der Waals surface area contributed by atoms with Gasteiger partial charge in [-0.2, -0.15) is 0 Å². The molecule has 0 saturated carbocycles. The quantitative estimate of drug-likeness (QED) is 0.793. The average Bonchev–Trinajstić information content (AvgIpc) is 2.81. The first-order chi connectivity index (χ1) is 8.24. The fourth-order valence-electron chi connectivity index (χ4n) is 2.08. The van der Waals surface area contributed by atoms with Crippen molar-refractivity contribution in [1.82, 2.24) is 0 Å². The zero-order valence-electron chi connectivity index (χ0n) is 9.04. The number of hydrogen-bond acceptors (Lipinski definition) is 4. The monoisotopic (exact) mass is 232 g/mol. The number of phenolic OH excluding ortho intramolecular Hbond substituents is 1. The summed E-state index contributed by atoms with van der Waals surface area (Å²) < 4.78 is 11.0. The molecule has 0 unspecified atom stereocenters. The summed E-state index contributed by atoms with van der Waals surface area (Å²) in [5, 5.41) is 19.4. The summed E-state index contributed by atoms with van der Waals surface area (Å²) in [6.45, 7) is 0. The zero-order chi connectivity index (χ0) is 11.8. The summed E-state index contributed by atoms with van der Waals surface area (Å²) in [5.74, 6) is 1.30. The van der Waals surface area contributed by atoms with E-state index in [0.717, 1.165) is 0 Å². The summed E-state index contributed by atoms with van der Waals surface area (Å²) in [6.07, 6.45) is 1.11. The zero-order valence-corrected chi connectivity index (χ0v) is 9.04. The topological polar surface area (TPSA) is 62.8 Å². The summed E-state index contributed by atoms with van der Waals surface area (Å²) in [5.41, 5.74) is 0.700. The fraction of sp³-hybridized carbons (Fsp3) is 0.231. The lowest BCUT2D eigenvalue weighted by Gasteiger charge is -2.28. The van der Waals surface area contributed by atoms with E-state index >= 15 is 0 Å². The molecule has 0 bridgehead atoms. The van der Waals surface area contributed by atoms with Crippen LogP contribution < -0.4 is 4.74 Å². The van der Waals surface area contributed by atoms with Crippen molar-refractivity contribution in [3.63, 3.8) is 0 Å². The van der Waals surface area contributed by atoms with Gasteiger partial charge in [-0.15, -0.1) is 0 Å². The number of ether oxygens (including phenoxy) is 1. The van der Waals surface area contributed by atoms with Crippen LogP contribution in [0.5, 0.6) is 11.5 Å². The van der Waals surface area contributed by atoms with Gasteiger partial charge in [0.1, 0.15) is 17.3 Å². The lowest BCUT2D eigenvalue weighted by molar-refractivity contribution is 0.0544. The highest BCUT2D eigenvalue weighted by Gasteiger charge is 2.29. The molecule has 4 nitrogen and oxygen atoms in total. The van der Waals surface area contributed by atoms with Crippen molar-refractivity contribution in [2.45, 2.75) is 18.6 Å². The first kappa shape index (κ1) is 10.2. The highest BCUT2D eigenvalue weighted by molar-refractivity contribution is 5.43. The van der Waals surface area contributed by atoms with Gasteiger partial charge in [-0.1, -0.05) is 0 Å². The first-order valence-electron chi connectivity index (χ1n) is 5.45. The molecule has 0 spiro atoms. The van der Waals surface area contributed by atoms with Crippen molar-refractivity contribution in [2.24, 2.45) is 0 Å². The van der Waals surface area contributed by atoms with E-state index in [1.807, 2.05) is 6.07 Å². The van der Waals surface area contributed by atoms with E-state index in [0.29, 0.717) is 23.5 Å². The highest BCUT2D eigenvalue weighted by Crippen LogP contribution is 2.42. The first-order valence-corrected chi connectivity index (χ1v) is 5.45. The number of hydrogen-bond donors (Lipinski definition) is 2. The van der Waals surface area contributed by atoms with Gasteiger partial charge in [0.05, 0.1) is 12.4 Å². The second kappa shape index (κ2) is 3.82. The van der Waals surface area contributed by atoms with Gasteiger partial charge in [0.25, 0.3) is 0 Å². The van der Waals surface area contributed by atoms with Gasteiger partial charge in [-0.05, 0) is 24.3 Å². The van der Waals surface area contributed by atoms with Crippen LogP contribution in [0.4, 0.5) is 0 Å². The molecule has 1 aliphatic rings. The molecule has 0 radical (unpaired) electrons. The van der Waals surface area contributed by atoms with E-state index in [2.05, 4.69) is 0 Å². The van der Waals surface area contributed by atoms with Crippen LogP contribution in [0.3, 0.4) is 0 Å². The molecule has 0 aliphatic carbocycles. The van der Waals surface area contributed by atoms with Gasteiger partial charge < -0.3 is 19.4 Å². The largest absolute Gasteiger partial charge is 0.508 e. The van der Waals surface area contributed by atoms with Crippen molar-refractivity contribution in [2.75, 3.05) is 0 Å². The third kappa shape index (κ3) is 1.76. The van der Waals surface area contributed by atoms with Gasteiger partial charge in [-0.25, -0.2) is 0 Å². The summed E-state index contributed by atoms with van der Waals surface area (Å²) in [4.78, 5) is 0. The third-order valence-corrected chi connectivity index (χ3v) is 2.92. The van der Waals surface area contributed by atoms with Crippen molar-refractivity contribution >= 4 is 0 Å². The molecule has 1 aromatic heterocycles. The number of aliphatic hydroxyl groups excluding tert-OH is 1. The van der Waals surface area contributed by atoms with Crippen LogP contribution in [0, 0.1) is 0 Å². The third-order valence-electron chi connectivity index (χ3n) is 2.92. The van der Waals surface area contributed by atoms with E-state index in [1.54, 1.807) is 24.5 Å². The molecule has 2 N–H and O–H groups in total. The summed E-state index contributed by atoms with van der Waals surface area (Å²) >= 11 is 0. The van der Waals surface area contributed by atoms with Crippen LogP contribution in [-0.4, -0.2) is 10.2 Å². The van der Waals surface area contributed by atoms with Gasteiger partial charge in [-0.3, -0.25) is 0 Å². The second-order valence-corrected chi connectivity index (χ2v) is 4.10. The number of furan rings is 1. The van der Waals surface area contributed by atoms with Crippen molar-refractivity contribution < 1.29 is 19.4 Å². The average molecular weight is 232 g/mol. The predicted molar refractivity (Wildman–Crippen MR) is 59.8 cm³/mol. The Labute approximate surface area is 98.1 Å². The number of aromatic hydroxyl groups is 1. The molecule has 4 heteroatoms. The Morgan fingerprint density at radius 3 is 2.88 bits per heavy atom. The Bertz CT molecular complexity index is 518. The smallest absolute Gasteiger partial charge is 0.159 e. The van der Waals surface area contributed by atoms with Crippen LogP contribution in [0.2, 0.25) is 0 Å². The molecule has 0 amide bonds. The molecule has 1 aromatic carbocycles. The maximum Gasteiger partial charge on any atom is 0.159 e. The lowest BCUT2D eigenvalue weighted by Crippen LogP contribution is -2.18. The molecule has 3 rings (SSSR count). The van der Waals surface area contributed by atoms with Crippen LogP contribution in [-0.2, 0) is 0 Å². The van der Waals surface area contributed by atoms with Crippen molar-refractivity contribution in [1.29, 1.82) is 0 Å². The summed E-state index contributed by atoms with van der Waals surface area (Å²) in [6, 6.07) is 8.31. The van der Waals surface area contributed by atoms with E-state index in [-0.39, 0.29) is 11.9 Å². The van der Waals surface area contributed by atoms with Gasteiger partial charge in [0, 0.05) is 18.1 Å². The molecule has 0 fully saturated rings. The maximum absolute atomic E-state index is 10.0. The van der Waals surface area contributed by atoms with E-state index in [1.165, 1.54) is 6.07 Å². The Hall–Kier alpha value is -1.94. The number of aliphatic hydroxyl groups is 1. The standard InChI is InChI=1S/C13H12O4/c14-8-3-4-9-10(15)7-13(17-12(9)6-8)11-2-1-5-16-11/h1-6,10,13-15H,7H2/t10-,13+/m1/s1. The minimum atomic E-state index is -0.602. The minimum absolute atomic E-state index is 0.121. The van der Waals surface area contributed by atoms with Crippen LogP contribution in [0.25, 0.3) is 0 Å². The predicted octanol–water partition coefficient (Wildman–Crippen LogP) is 2.54. The molecule has 2 heterocycles. The number of phenols is 1. The molecule has 2 atom stereocenters. The van der Waals surface area contributed by atoms with E-state index in [9.17, 15) is 10.2 Å². The molecule has 2 aromatic rings. The molecule has 1 aliphatic heterocycles. The van der Waals surface area contributed by atoms with Crippen molar-refractivity contribution in [3.8, 4) is 11.5 Å². The maximum atomic E-state index is 10.0. The Morgan fingerprint density at radius 2 is 2.12 bits per heavy atom.